The number of carbonyl (C=O) groups excluding carboxylic acids is 2. The molecule has 3 fully saturated rings. The van der Waals surface area contributed by atoms with Gasteiger partial charge in [-0.15, -0.1) is 0 Å². The van der Waals surface area contributed by atoms with Crippen molar-refractivity contribution in [2.75, 3.05) is 75.4 Å². The van der Waals surface area contributed by atoms with E-state index in [-0.39, 0.29) is 23.5 Å². The molecule has 4 heterocycles. The maximum Gasteiger partial charge on any atom is 0.271 e. The summed E-state index contributed by atoms with van der Waals surface area (Å²) in [6.07, 6.45) is 3.80. The third-order valence-corrected chi connectivity index (χ3v) is 8.84. The molecule has 0 spiro atoms. The van der Waals surface area contributed by atoms with Gasteiger partial charge in [0.2, 0.25) is 11.8 Å². The largest absolute Gasteiger partial charge is 0.471 e. The van der Waals surface area contributed by atoms with Crippen molar-refractivity contribution in [3.05, 3.63) is 35.7 Å². The minimum Gasteiger partial charge on any atom is -0.471 e. The molecule has 0 bridgehead atoms. The van der Waals surface area contributed by atoms with Crippen LogP contribution in [0.1, 0.15) is 48.8 Å². The fourth-order valence-corrected chi connectivity index (χ4v) is 6.26. The van der Waals surface area contributed by atoms with Crippen LogP contribution in [-0.4, -0.2) is 114 Å². The van der Waals surface area contributed by atoms with Gasteiger partial charge < -0.3 is 30.5 Å². The van der Waals surface area contributed by atoms with E-state index in [0.717, 1.165) is 31.9 Å². The zero-order chi connectivity index (χ0) is 29.6. The van der Waals surface area contributed by atoms with Crippen molar-refractivity contribution >= 4 is 41.6 Å². The number of aromatic nitrogens is 2. The first-order valence-corrected chi connectivity index (χ1v) is 15.8. The number of rotatable bonds is 10. The van der Waals surface area contributed by atoms with Crippen LogP contribution in [-0.2, 0) is 11.2 Å². The Morgan fingerprint density at radius 2 is 1.74 bits per heavy atom. The van der Waals surface area contributed by atoms with Crippen molar-refractivity contribution in [3.8, 4) is 5.88 Å². The van der Waals surface area contributed by atoms with E-state index in [4.69, 9.17) is 10.5 Å². The summed E-state index contributed by atoms with van der Waals surface area (Å²) in [7, 11) is 2.20. The second kappa shape index (κ2) is 13.9. The lowest BCUT2D eigenvalue weighted by Gasteiger charge is -2.42. The predicted molar refractivity (Wildman–Crippen MR) is 168 cm³/mol. The summed E-state index contributed by atoms with van der Waals surface area (Å²) in [6, 6.07) is 8.85. The number of thiol groups is 1. The predicted octanol–water partition coefficient (Wildman–Crippen LogP) is 2.40. The molecule has 0 unspecified atom stereocenters. The van der Waals surface area contributed by atoms with Gasteiger partial charge in [0.25, 0.3) is 5.91 Å². The minimum absolute atomic E-state index is 0.0752. The summed E-state index contributed by atoms with van der Waals surface area (Å²) >= 11 is 4.17. The second-order valence-corrected chi connectivity index (χ2v) is 11.9. The van der Waals surface area contributed by atoms with Gasteiger partial charge in [0.05, 0.1) is 6.54 Å². The van der Waals surface area contributed by atoms with E-state index in [2.05, 4.69) is 61.8 Å². The molecule has 0 radical (unpaired) electrons. The molecular weight excluding hydrogens is 552 g/mol. The molecule has 12 heteroatoms. The van der Waals surface area contributed by atoms with E-state index in [9.17, 15) is 9.59 Å². The topological polar surface area (TPSA) is 120 Å². The number of likely N-dealkylation sites (N-methyl/N-ethyl adjacent to an activating group) is 1. The number of nitrogens with two attached hydrogens (primary N) is 1. The van der Waals surface area contributed by atoms with E-state index >= 15 is 0 Å². The van der Waals surface area contributed by atoms with Gasteiger partial charge in [-0.3, -0.25) is 14.5 Å². The Labute approximate surface area is 254 Å². The van der Waals surface area contributed by atoms with Gasteiger partial charge in [0, 0.05) is 76.1 Å². The molecule has 5 rings (SSSR count). The monoisotopic (exact) mass is 596 g/mol. The highest BCUT2D eigenvalue weighted by molar-refractivity contribution is 7.80. The Bertz CT molecular complexity index is 1230. The number of anilines is 3. The number of benzene rings is 1. The first kappa shape index (κ1) is 30.4. The quantitative estimate of drug-likeness (QED) is 0.355. The number of nitrogens with one attached hydrogen (secondary N) is 1. The molecular formula is C30H44N8O3S. The zero-order valence-electron chi connectivity index (χ0n) is 24.8. The number of ether oxygens (including phenoxy) is 1. The normalized spacial score (nSPS) is 20.6. The molecule has 3 saturated heterocycles. The molecule has 1 aromatic heterocycles. The molecule has 2 aromatic rings. The van der Waals surface area contributed by atoms with E-state index in [0.29, 0.717) is 55.7 Å². The van der Waals surface area contributed by atoms with Gasteiger partial charge in [-0.1, -0.05) is 6.92 Å². The number of piperidine rings is 1. The third-order valence-electron chi connectivity index (χ3n) is 8.62. The lowest BCUT2D eigenvalue weighted by Crippen LogP contribution is -2.52. The number of hydrogen-bond donors (Lipinski definition) is 3. The van der Waals surface area contributed by atoms with E-state index < -0.39 is 5.91 Å². The molecule has 0 saturated carbocycles. The zero-order valence-corrected chi connectivity index (χ0v) is 25.7. The molecule has 228 valence electrons. The van der Waals surface area contributed by atoms with Gasteiger partial charge in [0.1, 0.15) is 11.8 Å². The van der Waals surface area contributed by atoms with Crippen molar-refractivity contribution in [2.24, 2.45) is 5.73 Å². The summed E-state index contributed by atoms with van der Waals surface area (Å²) in [6.45, 7) is 9.78. The Balaban J connectivity index is 1.23. The van der Waals surface area contributed by atoms with Crippen LogP contribution in [0.3, 0.4) is 0 Å². The number of nitrogens with zero attached hydrogens (tertiary/aromatic N) is 6. The molecule has 0 aliphatic carbocycles. The number of carbonyl (C=O) groups is 2. The number of piperazine rings is 1. The summed E-state index contributed by atoms with van der Waals surface area (Å²) < 4.78 is 6.23. The highest BCUT2D eigenvalue weighted by Crippen LogP contribution is 2.29. The van der Waals surface area contributed by atoms with Gasteiger partial charge in [-0.2, -0.15) is 17.6 Å². The minimum atomic E-state index is -0.657. The van der Waals surface area contributed by atoms with Crippen LogP contribution in [0.25, 0.3) is 0 Å². The summed E-state index contributed by atoms with van der Waals surface area (Å²) in [5.74, 6) is 0.559. The maximum atomic E-state index is 12.3. The van der Waals surface area contributed by atoms with Crippen LogP contribution in [0.5, 0.6) is 5.88 Å². The smallest absolute Gasteiger partial charge is 0.271 e. The van der Waals surface area contributed by atoms with Crippen LogP contribution in [0.15, 0.2) is 24.3 Å². The Morgan fingerprint density at radius 1 is 1.02 bits per heavy atom. The molecule has 3 N–H and O–H groups in total. The van der Waals surface area contributed by atoms with E-state index in [1.54, 1.807) is 4.90 Å². The summed E-state index contributed by atoms with van der Waals surface area (Å²) in [5, 5.41) is 3.24. The number of primary amides is 1. The van der Waals surface area contributed by atoms with Crippen molar-refractivity contribution < 1.29 is 14.3 Å². The first-order valence-electron chi connectivity index (χ1n) is 15.1. The van der Waals surface area contributed by atoms with Crippen molar-refractivity contribution in [1.82, 2.24) is 24.7 Å². The van der Waals surface area contributed by atoms with Gasteiger partial charge in [-0.05, 0) is 56.3 Å². The van der Waals surface area contributed by atoms with E-state index in [1.165, 1.54) is 31.6 Å². The number of likely N-dealkylation sites (tertiary alicyclic amines) is 1. The molecule has 11 nitrogen and oxygen atoms in total. The highest BCUT2D eigenvalue weighted by atomic mass is 32.1. The van der Waals surface area contributed by atoms with Crippen LogP contribution < -0.4 is 20.7 Å². The van der Waals surface area contributed by atoms with Crippen LogP contribution in [0.4, 0.5) is 17.2 Å². The van der Waals surface area contributed by atoms with Crippen LogP contribution >= 0.6 is 12.6 Å². The van der Waals surface area contributed by atoms with Crippen molar-refractivity contribution in [1.29, 1.82) is 0 Å². The van der Waals surface area contributed by atoms with Crippen LogP contribution in [0.2, 0.25) is 0 Å². The Morgan fingerprint density at radius 3 is 2.38 bits per heavy atom. The van der Waals surface area contributed by atoms with Gasteiger partial charge in [0.15, 0.2) is 11.5 Å². The standard InChI is InChI=1S/C30H44N8O3S/c1-3-25-30(41-24-10-14-38(20-24)26(39)11-19-42)34-29(27(33-25)28(31)40)32-21-4-6-22(7-5-21)36-12-8-23(9-13-36)37-17-15-35(2)16-18-37/h4-7,23-24,42H,3,8-20H2,1-2H3,(H2,31,40)(H,32,34)/t24-/m1/s1. The molecule has 42 heavy (non-hydrogen) atoms. The molecule has 1 aromatic carbocycles. The lowest BCUT2D eigenvalue weighted by atomic mass is 10.0. The Kier molecular flexibility index (Phi) is 10.1. The highest BCUT2D eigenvalue weighted by Gasteiger charge is 2.30. The summed E-state index contributed by atoms with van der Waals surface area (Å²) in [4.78, 5) is 43.1. The SMILES string of the molecule is CCc1nc(C(N)=O)c(Nc2ccc(N3CCC(N4CCN(C)CC4)CC3)cc2)nc1O[C@@H]1CCN(C(=O)CCS)C1. The molecule has 3 aliphatic rings. The fraction of sp³-hybridized carbons (Fsp3) is 0.600. The third kappa shape index (κ3) is 7.27. The maximum absolute atomic E-state index is 12.3. The van der Waals surface area contributed by atoms with Crippen molar-refractivity contribution in [3.63, 3.8) is 0 Å². The number of aryl methyl sites for hydroxylation is 1. The van der Waals surface area contributed by atoms with Gasteiger partial charge >= 0.3 is 0 Å². The van der Waals surface area contributed by atoms with Gasteiger partial charge in [-0.25, -0.2) is 4.98 Å². The molecule has 1 atom stereocenters. The van der Waals surface area contributed by atoms with Crippen LogP contribution in [0, 0.1) is 0 Å². The molecule has 3 aliphatic heterocycles. The second-order valence-electron chi connectivity index (χ2n) is 11.5. The lowest BCUT2D eigenvalue weighted by molar-refractivity contribution is -0.129. The van der Waals surface area contributed by atoms with Crippen molar-refractivity contribution in [2.45, 2.75) is 51.2 Å². The average molecular weight is 597 g/mol. The fourth-order valence-electron chi connectivity index (χ4n) is 6.07. The van der Waals surface area contributed by atoms with E-state index in [1.807, 2.05) is 19.1 Å². The molecule has 2 amide bonds. The summed E-state index contributed by atoms with van der Waals surface area (Å²) in [5.41, 5.74) is 8.29. The first-order chi connectivity index (χ1) is 20.3. The average Bonchev–Trinajstić information content (AvgIpc) is 3.47. The Hall–Kier alpha value is -3.09. The number of hydrogen-bond acceptors (Lipinski definition) is 10. The number of amides is 2.